The highest BCUT2D eigenvalue weighted by molar-refractivity contribution is 5.95. The molecule has 2 aromatic rings. The van der Waals surface area contributed by atoms with E-state index in [1.165, 1.54) is 24.6 Å². The normalized spacial score (nSPS) is 14.6. The number of carbonyl (C=O) groups is 2. The SMILES string of the molecule is O=C(NC1CCCCC1)c1cc(-c2noc(=O)[nH]2)ccc1F.O=C(O)C(F)(F)F. The quantitative estimate of drug-likeness (QED) is 0.657. The first kappa shape index (κ1) is 22.1. The van der Waals surface area contributed by atoms with Gasteiger partial charge in [0, 0.05) is 11.6 Å². The average Bonchev–Trinajstić information content (AvgIpc) is 3.09. The van der Waals surface area contributed by atoms with Crippen molar-refractivity contribution in [3.63, 3.8) is 0 Å². The summed E-state index contributed by atoms with van der Waals surface area (Å²) in [6.45, 7) is 0. The van der Waals surface area contributed by atoms with E-state index < -0.39 is 29.6 Å². The van der Waals surface area contributed by atoms with Crippen LogP contribution in [0, 0.1) is 5.82 Å². The molecule has 0 atom stereocenters. The molecule has 1 aliphatic rings. The third-order valence-corrected chi connectivity index (χ3v) is 4.11. The van der Waals surface area contributed by atoms with Gasteiger partial charge in [0.1, 0.15) is 5.82 Å². The van der Waals surface area contributed by atoms with Crippen LogP contribution in [0.2, 0.25) is 0 Å². The topological polar surface area (TPSA) is 125 Å². The summed E-state index contributed by atoms with van der Waals surface area (Å²) in [5.41, 5.74) is 0.355. The predicted octanol–water partition coefficient (Wildman–Crippen LogP) is 2.86. The molecule has 158 valence electrons. The Bertz CT molecular complexity index is 916. The molecule has 8 nitrogen and oxygen atoms in total. The Morgan fingerprint density at radius 1 is 1.21 bits per heavy atom. The van der Waals surface area contributed by atoms with Crippen molar-refractivity contribution >= 4 is 11.9 Å². The molecular weight excluding hydrogens is 402 g/mol. The van der Waals surface area contributed by atoms with Gasteiger partial charge in [-0.25, -0.2) is 14.0 Å². The number of benzene rings is 1. The number of alkyl halides is 3. The lowest BCUT2D eigenvalue weighted by Gasteiger charge is -2.22. The molecule has 0 bridgehead atoms. The molecule has 3 N–H and O–H groups in total. The van der Waals surface area contributed by atoms with E-state index in [0.717, 1.165) is 25.7 Å². The summed E-state index contributed by atoms with van der Waals surface area (Å²) in [5, 5.41) is 13.5. The van der Waals surface area contributed by atoms with E-state index in [4.69, 9.17) is 9.90 Å². The third kappa shape index (κ3) is 6.43. The molecule has 0 radical (unpaired) electrons. The standard InChI is InChI=1S/C15H16FN3O3.C2HF3O2/c16-12-7-6-9(13-18-15(21)22-19-13)8-11(12)14(20)17-10-4-2-1-3-5-10;3-2(4,5)1(6)7/h6-8,10H,1-5H2,(H,17,20)(H,18,19,21);(H,6,7). The van der Waals surface area contributed by atoms with Crippen LogP contribution in [0.15, 0.2) is 27.5 Å². The van der Waals surface area contributed by atoms with E-state index in [-0.39, 0.29) is 17.4 Å². The minimum atomic E-state index is -5.08. The highest BCUT2D eigenvalue weighted by Crippen LogP contribution is 2.21. The maximum absolute atomic E-state index is 13.9. The van der Waals surface area contributed by atoms with E-state index >= 15 is 0 Å². The summed E-state index contributed by atoms with van der Waals surface area (Å²) >= 11 is 0. The van der Waals surface area contributed by atoms with Crippen molar-refractivity contribution < 1.29 is 36.8 Å². The molecule has 0 spiro atoms. The molecule has 1 aliphatic carbocycles. The molecule has 0 unspecified atom stereocenters. The summed E-state index contributed by atoms with van der Waals surface area (Å²) in [6, 6.07) is 4.07. The Morgan fingerprint density at radius 3 is 2.34 bits per heavy atom. The zero-order chi connectivity index (χ0) is 21.6. The molecule has 1 aromatic carbocycles. The van der Waals surface area contributed by atoms with Gasteiger partial charge in [-0.15, -0.1) is 0 Å². The fourth-order valence-corrected chi connectivity index (χ4v) is 2.71. The third-order valence-electron chi connectivity index (χ3n) is 4.11. The van der Waals surface area contributed by atoms with Crippen molar-refractivity contribution in [3.8, 4) is 11.4 Å². The van der Waals surface area contributed by atoms with Gasteiger partial charge in [-0.05, 0) is 31.0 Å². The second-order valence-corrected chi connectivity index (χ2v) is 6.25. The van der Waals surface area contributed by atoms with E-state index in [2.05, 4.69) is 20.0 Å². The number of nitrogens with zero attached hydrogens (tertiary/aromatic N) is 1. The summed E-state index contributed by atoms with van der Waals surface area (Å²) in [5.74, 6) is -4.35. The summed E-state index contributed by atoms with van der Waals surface area (Å²) in [6.07, 6.45) is 0.0876. The Hall–Kier alpha value is -3.18. The molecule has 1 aromatic heterocycles. The molecule has 1 saturated carbocycles. The minimum Gasteiger partial charge on any atom is -0.475 e. The second-order valence-electron chi connectivity index (χ2n) is 6.25. The van der Waals surface area contributed by atoms with Gasteiger partial charge in [0.05, 0.1) is 5.56 Å². The van der Waals surface area contributed by atoms with Gasteiger partial charge in [0.25, 0.3) is 5.91 Å². The van der Waals surface area contributed by atoms with Crippen molar-refractivity contribution in [3.05, 3.63) is 40.1 Å². The first-order valence-electron chi connectivity index (χ1n) is 8.55. The minimum absolute atomic E-state index is 0.0630. The van der Waals surface area contributed by atoms with Crippen molar-refractivity contribution in [2.24, 2.45) is 0 Å². The first-order chi connectivity index (χ1) is 13.6. The highest BCUT2D eigenvalue weighted by atomic mass is 19.4. The molecule has 29 heavy (non-hydrogen) atoms. The zero-order valence-corrected chi connectivity index (χ0v) is 14.9. The number of aromatic amines is 1. The summed E-state index contributed by atoms with van der Waals surface area (Å²) in [4.78, 5) is 34.5. The average molecular weight is 419 g/mol. The van der Waals surface area contributed by atoms with E-state index in [1.807, 2.05) is 0 Å². The lowest BCUT2D eigenvalue weighted by Crippen LogP contribution is -2.36. The highest BCUT2D eigenvalue weighted by Gasteiger charge is 2.38. The molecule has 0 aliphatic heterocycles. The second kappa shape index (κ2) is 9.34. The number of nitrogens with one attached hydrogen (secondary N) is 2. The van der Waals surface area contributed by atoms with E-state index in [9.17, 15) is 27.2 Å². The lowest BCUT2D eigenvalue weighted by molar-refractivity contribution is -0.192. The maximum atomic E-state index is 13.9. The predicted molar refractivity (Wildman–Crippen MR) is 90.5 cm³/mol. The van der Waals surface area contributed by atoms with Crippen molar-refractivity contribution in [1.29, 1.82) is 0 Å². The van der Waals surface area contributed by atoms with Crippen LogP contribution in [0.5, 0.6) is 0 Å². The number of rotatable bonds is 3. The Kier molecular flexibility index (Phi) is 7.13. The molecule has 3 rings (SSSR count). The van der Waals surface area contributed by atoms with Gasteiger partial charge in [-0.3, -0.25) is 14.3 Å². The number of carbonyl (C=O) groups excluding carboxylic acids is 1. The fourth-order valence-electron chi connectivity index (χ4n) is 2.71. The fraction of sp³-hybridized carbons (Fsp3) is 0.412. The van der Waals surface area contributed by atoms with Crippen LogP contribution in [-0.4, -0.2) is 39.3 Å². The van der Waals surface area contributed by atoms with Crippen LogP contribution in [0.4, 0.5) is 17.6 Å². The zero-order valence-electron chi connectivity index (χ0n) is 14.9. The van der Waals surface area contributed by atoms with Crippen LogP contribution in [0.1, 0.15) is 42.5 Å². The van der Waals surface area contributed by atoms with Gasteiger partial charge in [-0.1, -0.05) is 24.4 Å². The van der Waals surface area contributed by atoms with E-state index in [0.29, 0.717) is 5.56 Å². The Labute approximate surface area is 160 Å². The number of halogens is 4. The van der Waals surface area contributed by atoms with Crippen LogP contribution in [0.3, 0.4) is 0 Å². The molecular formula is C17H17F4N3O5. The largest absolute Gasteiger partial charge is 0.490 e. The van der Waals surface area contributed by atoms with Gasteiger partial charge in [0.2, 0.25) is 0 Å². The van der Waals surface area contributed by atoms with Crippen LogP contribution >= 0.6 is 0 Å². The smallest absolute Gasteiger partial charge is 0.475 e. The lowest BCUT2D eigenvalue weighted by atomic mass is 9.95. The van der Waals surface area contributed by atoms with Crippen molar-refractivity contribution in [2.45, 2.75) is 44.3 Å². The van der Waals surface area contributed by atoms with Crippen LogP contribution in [-0.2, 0) is 4.79 Å². The number of H-pyrrole nitrogens is 1. The Balaban J connectivity index is 0.000000370. The summed E-state index contributed by atoms with van der Waals surface area (Å²) in [7, 11) is 0. The van der Waals surface area contributed by atoms with Gasteiger partial charge in [0.15, 0.2) is 5.82 Å². The van der Waals surface area contributed by atoms with Crippen molar-refractivity contribution in [1.82, 2.24) is 15.5 Å². The van der Waals surface area contributed by atoms with Crippen molar-refractivity contribution in [2.75, 3.05) is 0 Å². The van der Waals surface area contributed by atoms with Crippen LogP contribution < -0.4 is 11.1 Å². The molecule has 12 heteroatoms. The maximum Gasteiger partial charge on any atom is 0.490 e. The Morgan fingerprint density at radius 2 is 1.83 bits per heavy atom. The molecule has 1 amide bonds. The van der Waals surface area contributed by atoms with Gasteiger partial charge in [-0.2, -0.15) is 13.2 Å². The number of hydrogen-bond donors (Lipinski definition) is 3. The number of carboxylic acid groups (broad SMARTS) is 1. The summed E-state index contributed by atoms with van der Waals surface area (Å²) < 4.78 is 50.1. The first-order valence-corrected chi connectivity index (χ1v) is 8.55. The van der Waals surface area contributed by atoms with Gasteiger partial charge >= 0.3 is 17.9 Å². The number of hydrogen-bond acceptors (Lipinski definition) is 5. The van der Waals surface area contributed by atoms with Crippen LogP contribution in [0.25, 0.3) is 11.4 Å². The number of amides is 1. The van der Waals surface area contributed by atoms with Gasteiger partial charge < -0.3 is 10.4 Å². The molecule has 1 fully saturated rings. The molecule has 1 heterocycles. The number of aliphatic carboxylic acids is 1. The monoisotopic (exact) mass is 419 g/mol. The van der Waals surface area contributed by atoms with E-state index in [1.54, 1.807) is 0 Å². The molecule has 0 saturated heterocycles. The number of aromatic nitrogens is 2. The number of carboxylic acids is 1.